The molecule has 0 bridgehead atoms. The Balaban J connectivity index is 1.51. The molecule has 31 heavy (non-hydrogen) atoms. The average molecular weight is 444 g/mol. The Kier molecular flexibility index (Phi) is 7.11. The molecule has 1 aromatic heterocycles. The van der Waals surface area contributed by atoms with Crippen molar-refractivity contribution in [2.45, 2.75) is 12.8 Å². The van der Waals surface area contributed by atoms with Crippen molar-refractivity contribution in [2.24, 2.45) is 0 Å². The zero-order chi connectivity index (χ0) is 21.6. The molecule has 0 spiro atoms. The number of anilines is 1. The molecule has 6 nitrogen and oxygen atoms in total. The number of rotatable bonds is 8. The van der Waals surface area contributed by atoms with Crippen LogP contribution in [0, 0.1) is 5.82 Å². The van der Waals surface area contributed by atoms with Gasteiger partial charge in [0.05, 0.1) is 37.0 Å². The third kappa shape index (κ3) is 5.39. The number of morpholine rings is 1. The molecular weight excluding hydrogens is 417 g/mol. The summed E-state index contributed by atoms with van der Waals surface area (Å²) >= 11 is 1.49. The summed E-state index contributed by atoms with van der Waals surface area (Å²) in [6, 6.07) is 12.4. The van der Waals surface area contributed by atoms with Gasteiger partial charge in [-0.3, -0.25) is 14.6 Å². The number of carbonyl (C=O) groups is 1. The van der Waals surface area contributed by atoms with E-state index in [0.717, 1.165) is 49.5 Å². The topological polar surface area (TPSA) is 54.9 Å². The number of amides is 1. The number of benzene rings is 2. The predicted molar refractivity (Wildman–Crippen MR) is 121 cm³/mol. The first-order valence-electron chi connectivity index (χ1n) is 10.4. The van der Waals surface area contributed by atoms with Crippen LogP contribution >= 0.6 is 11.3 Å². The molecule has 1 amide bonds. The van der Waals surface area contributed by atoms with Gasteiger partial charge in [0.1, 0.15) is 11.6 Å². The SMILES string of the molecule is COc1ccc(CC(=O)N(CCCN2CCOCC2)c2nc3ccccc3s2)c(F)c1. The van der Waals surface area contributed by atoms with Crippen LogP contribution in [0.4, 0.5) is 9.52 Å². The Morgan fingerprint density at radius 2 is 2.06 bits per heavy atom. The van der Waals surface area contributed by atoms with Crippen molar-refractivity contribution in [1.82, 2.24) is 9.88 Å². The quantitative estimate of drug-likeness (QED) is 0.531. The Bertz CT molecular complexity index is 1000. The molecule has 8 heteroatoms. The molecule has 1 aliphatic rings. The Hall–Kier alpha value is -2.55. The zero-order valence-corrected chi connectivity index (χ0v) is 18.4. The molecule has 0 saturated carbocycles. The number of para-hydroxylation sites is 1. The van der Waals surface area contributed by atoms with Gasteiger partial charge in [0.15, 0.2) is 5.13 Å². The molecule has 1 fully saturated rings. The van der Waals surface area contributed by atoms with Crippen LogP contribution < -0.4 is 9.64 Å². The van der Waals surface area contributed by atoms with E-state index in [1.807, 2.05) is 24.3 Å². The highest BCUT2D eigenvalue weighted by Gasteiger charge is 2.22. The molecule has 1 saturated heterocycles. The van der Waals surface area contributed by atoms with Crippen molar-refractivity contribution in [3.8, 4) is 5.75 Å². The zero-order valence-electron chi connectivity index (χ0n) is 17.6. The third-order valence-corrected chi connectivity index (χ3v) is 6.44. The van der Waals surface area contributed by atoms with Gasteiger partial charge in [-0.25, -0.2) is 9.37 Å². The number of methoxy groups -OCH3 is 1. The van der Waals surface area contributed by atoms with Crippen molar-refractivity contribution < 1.29 is 18.7 Å². The molecule has 0 aliphatic carbocycles. The number of hydrogen-bond donors (Lipinski definition) is 0. The first-order valence-corrected chi connectivity index (χ1v) is 11.2. The maximum absolute atomic E-state index is 14.4. The van der Waals surface area contributed by atoms with Crippen LogP contribution in [0.25, 0.3) is 10.2 Å². The van der Waals surface area contributed by atoms with E-state index in [9.17, 15) is 9.18 Å². The van der Waals surface area contributed by atoms with Gasteiger partial charge in [-0.15, -0.1) is 0 Å². The summed E-state index contributed by atoms with van der Waals surface area (Å²) in [5.41, 5.74) is 1.22. The number of thiazole rings is 1. The van der Waals surface area contributed by atoms with E-state index in [0.29, 0.717) is 23.0 Å². The number of nitrogens with zero attached hydrogens (tertiary/aromatic N) is 3. The second-order valence-corrected chi connectivity index (χ2v) is 8.46. The van der Waals surface area contributed by atoms with Gasteiger partial charge < -0.3 is 9.47 Å². The lowest BCUT2D eigenvalue weighted by Gasteiger charge is -2.27. The van der Waals surface area contributed by atoms with Crippen LogP contribution in [0.2, 0.25) is 0 Å². The van der Waals surface area contributed by atoms with E-state index in [2.05, 4.69) is 9.88 Å². The van der Waals surface area contributed by atoms with Crippen molar-refractivity contribution in [3.05, 3.63) is 53.8 Å². The maximum Gasteiger partial charge on any atom is 0.233 e. The van der Waals surface area contributed by atoms with Crippen LogP contribution in [0.15, 0.2) is 42.5 Å². The fourth-order valence-electron chi connectivity index (χ4n) is 3.64. The summed E-state index contributed by atoms with van der Waals surface area (Å²) in [5, 5.41) is 0.655. The summed E-state index contributed by atoms with van der Waals surface area (Å²) in [6.07, 6.45) is 0.788. The number of ether oxygens (including phenoxy) is 2. The first kappa shape index (κ1) is 21.7. The van der Waals surface area contributed by atoms with Gasteiger partial charge in [0, 0.05) is 32.2 Å². The van der Waals surface area contributed by atoms with E-state index >= 15 is 0 Å². The molecule has 0 unspecified atom stereocenters. The largest absolute Gasteiger partial charge is 0.497 e. The lowest BCUT2D eigenvalue weighted by Crippen LogP contribution is -2.39. The summed E-state index contributed by atoms with van der Waals surface area (Å²) in [7, 11) is 1.49. The molecule has 0 N–H and O–H groups in total. The molecular formula is C23H26FN3O3S. The van der Waals surface area contributed by atoms with Gasteiger partial charge in [-0.1, -0.05) is 29.5 Å². The second-order valence-electron chi connectivity index (χ2n) is 7.45. The van der Waals surface area contributed by atoms with Gasteiger partial charge in [0.2, 0.25) is 5.91 Å². The van der Waals surface area contributed by atoms with E-state index in [1.165, 1.54) is 24.5 Å². The minimum Gasteiger partial charge on any atom is -0.497 e. The fraction of sp³-hybridized carbons (Fsp3) is 0.391. The highest BCUT2D eigenvalue weighted by atomic mass is 32.1. The molecule has 4 rings (SSSR count). The molecule has 2 heterocycles. The molecule has 164 valence electrons. The van der Waals surface area contributed by atoms with E-state index in [-0.39, 0.29) is 12.3 Å². The number of aromatic nitrogens is 1. The van der Waals surface area contributed by atoms with Crippen molar-refractivity contribution in [3.63, 3.8) is 0 Å². The van der Waals surface area contributed by atoms with Crippen LogP contribution in [0.5, 0.6) is 5.75 Å². The lowest BCUT2D eigenvalue weighted by atomic mass is 10.1. The minimum atomic E-state index is -0.440. The number of hydrogen-bond acceptors (Lipinski definition) is 6. The minimum absolute atomic E-state index is 0.0245. The van der Waals surface area contributed by atoms with E-state index in [4.69, 9.17) is 9.47 Å². The third-order valence-electron chi connectivity index (χ3n) is 5.38. The predicted octanol–water partition coefficient (Wildman–Crippen LogP) is 3.74. The maximum atomic E-state index is 14.4. The molecule has 1 aliphatic heterocycles. The lowest BCUT2D eigenvalue weighted by molar-refractivity contribution is -0.118. The summed E-state index contributed by atoms with van der Waals surface area (Å²) in [5.74, 6) is -0.169. The van der Waals surface area contributed by atoms with Crippen LogP contribution in [0.3, 0.4) is 0 Å². The van der Waals surface area contributed by atoms with Gasteiger partial charge in [-0.2, -0.15) is 0 Å². The molecule has 0 atom stereocenters. The first-order chi connectivity index (χ1) is 15.1. The highest BCUT2D eigenvalue weighted by Crippen LogP contribution is 2.29. The number of carbonyl (C=O) groups excluding carboxylic acids is 1. The molecule has 3 aromatic rings. The van der Waals surface area contributed by atoms with Crippen molar-refractivity contribution in [2.75, 3.05) is 51.4 Å². The normalized spacial score (nSPS) is 14.6. The van der Waals surface area contributed by atoms with Crippen molar-refractivity contribution >= 4 is 32.6 Å². The van der Waals surface area contributed by atoms with E-state index in [1.54, 1.807) is 17.0 Å². The molecule has 0 radical (unpaired) electrons. The smallest absolute Gasteiger partial charge is 0.233 e. The van der Waals surface area contributed by atoms with Crippen molar-refractivity contribution in [1.29, 1.82) is 0 Å². The van der Waals surface area contributed by atoms with Crippen LogP contribution in [-0.2, 0) is 16.0 Å². The average Bonchev–Trinajstić information content (AvgIpc) is 3.22. The van der Waals surface area contributed by atoms with Gasteiger partial charge >= 0.3 is 0 Å². The summed E-state index contributed by atoms with van der Waals surface area (Å²) in [4.78, 5) is 22.0. The molecule has 2 aromatic carbocycles. The monoisotopic (exact) mass is 443 g/mol. The summed E-state index contributed by atoms with van der Waals surface area (Å²) in [6.45, 7) is 4.73. The van der Waals surface area contributed by atoms with Gasteiger partial charge in [-0.05, 0) is 30.2 Å². The van der Waals surface area contributed by atoms with E-state index < -0.39 is 5.82 Å². The standard InChI is InChI=1S/C23H26FN3O3S/c1-29-18-8-7-17(19(24)16-18)15-22(28)27(10-4-9-26-11-13-30-14-12-26)23-25-20-5-2-3-6-21(20)31-23/h2-3,5-8,16H,4,9-15H2,1H3. The Morgan fingerprint density at radius 1 is 1.26 bits per heavy atom. The summed E-state index contributed by atoms with van der Waals surface area (Å²) < 4.78 is 25.9. The van der Waals surface area contributed by atoms with Crippen LogP contribution in [0.1, 0.15) is 12.0 Å². The second kappa shape index (κ2) is 10.2. The Morgan fingerprint density at radius 3 is 2.81 bits per heavy atom. The van der Waals surface area contributed by atoms with Crippen LogP contribution in [-0.4, -0.2) is 62.3 Å². The number of fused-ring (bicyclic) bond motifs is 1. The van der Waals surface area contributed by atoms with Gasteiger partial charge in [0.25, 0.3) is 0 Å². The Labute approximate surface area is 185 Å². The highest BCUT2D eigenvalue weighted by molar-refractivity contribution is 7.22. The number of halogens is 1. The fourth-order valence-corrected chi connectivity index (χ4v) is 4.65.